The van der Waals surface area contributed by atoms with Gasteiger partial charge in [0.1, 0.15) is 5.84 Å². The van der Waals surface area contributed by atoms with Crippen LogP contribution in [0.15, 0.2) is 47.5 Å². The van der Waals surface area contributed by atoms with Gasteiger partial charge in [-0.2, -0.15) is 0 Å². The molecule has 2 aromatic rings. The van der Waals surface area contributed by atoms with Gasteiger partial charge < -0.3 is 14.6 Å². The molecular weight excluding hydrogens is 318 g/mol. The Morgan fingerprint density at radius 2 is 1.75 bits per heavy atom. The second kappa shape index (κ2) is 6.15. The average molecular weight is 337 g/mol. The Hall–Kier alpha value is -1.98. The van der Waals surface area contributed by atoms with Crippen molar-refractivity contribution in [2.45, 2.75) is 0 Å². The van der Waals surface area contributed by atoms with E-state index in [-0.39, 0.29) is 0 Å². The van der Waals surface area contributed by atoms with Gasteiger partial charge in [0.15, 0.2) is 0 Å². The van der Waals surface area contributed by atoms with E-state index < -0.39 is 0 Å². The molecule has 2 heterocycles. The van der Waals surface area contributed by atoms with Crippen LogP contribution in [-0.4, -0.2) is 56.8 Å². The number of fused-ring (bicyclic) bond motifs is 2. The van der Waals surface area contributed by atoms with Crippen molar-refractivity contribution < 1.29 is 0 Å². The van der Waals surface area contributed by atoms with Crippen molar-refractivity contribution in [3.05, 3.63) is 53.1 Å². The Labute approximate surface area is 148 Å². The number of halogens is 1. The molecule has 0 unspecified atom stereocenters. The van der Waals surface area contributed by atoms with Crippen molar-refractivity contribution in [1.82, 2.24) is 9.80 Å². The maximum Gasteiger partial charge on any atom is 0.234 e. The largest absolute Gasteiger partial charge is 0.396 e. The van der Waals surface area contributed by atoms with Crippen LogP contribution >= 0.6 is 11.6 Å². The fourth-order valence-corrected chi connectivity index (χ4v) is 3.39. The Morgan fingerprint density at radius 3 is 2.54 bits per heavy atom. The molecule has 0 aliphatic carbocycles. The number of nitrogens with zero attached hydrogens (tertiary/aromatic N) is 4. The summed E-state index contributed by atoms with van der Waals surface area (Å²) in [5, 5.41) is 0.662. The monoisotopic (exact) mass is 336 g/mol. The van der Waals surface area contributed by atoms with Crippen LogP contribution in [-0.2, 0) is 0 Å². The van der Waals surface area contributed by atoms with Gasteiger partial charge >= 0.3 is 0 Å². The lowest BCUT2D eigenvalue weighted by Gasteiger charge is -2.35. The first kappa shape index (κ1) is 15.5. The van der Waals surface area contributed by atoms with Crippen LogP contribution in [0.5, 0.6) is 0 Å². The number of aliphatic imine (C=N–C) groups is 1. The van der Waals surface area contributed by atoms with Crippen LogP contribution in [0, 0.1) is 0 Å². The predicted octanol–water partition coefficient (Wildman–Crippen LogP) is 3.20. The first-order chi connectivity index (χ1) is 11.6. The second-order valence-corrected chi connectivity index (χ2v) is 6.68. The number of rotatable bonds is 0. The van der Waals surface area contributed by atoms with E-state index in [4.69, 9.17) is 24.6 Å². The van der Waals surface area contributed by atoms with E-state index in [1.807, 2.05) is 36.4 Å². The van der Waals surface area contributed by atoms with Crippen molar-refractivity contribution in [3.63, 3.8) is 0 Å². The summed E-state index contributed by atoms with van der Waals surface area (Å²) >= 11 is 6.19. The SMILES string of the molecule is [B]N1c2ccc(Cl)cc2N=C(N2CCN(C)CC2)c2ccccc21. The highest BCUT2D eigenvalue weighted by Gasteiger charge is 2.25. The van der Waals surface area contributed by atoms with E-state index in [2.05, 4.69) is 22.9 Å². The van der Waals surface area contributed by atoms with E-state index in [0.717, 1.165) is 54.6 Å². The molecule has 0 saturated carbocycles. The van der Waals surface area contributed by atoms with Gasteiger partial charge in [-0.3, -0.25) is 0 Å². The van der Waals surface area contributed by atoms with Crippen LogP contribution in [0.1, 0.15) is 5.56 Å². The third kappa shape index (κ3) is 2.68. The van der Waals surface area contributed by atoms with Gasteiger partial charge in [-0.25, -0.2) is 4.99 Å². The lowest BCUT2D eigenvalue weighted by atomic mass is 10.1. The summed E-state index contributed by atoms with van der Waals surface area (Å²) in [6.07, 6.45) is 0. The second-order valence-electron chi connectivity index (χ2n) is 6.25. The third-order valence-corrected chi connectivity index (χ3v) is 4.87. The number of anilines is 2. The Bertz CT molecular complexity index is 799. The smallest absolute Gasteiger partial charge is 0.234 e. The van der Waals surface area contributed by atoms with Gasteiger partial charge in [-0.1, -0.05) is 23.7 Å². The third-order valence-electron chi connectivity index (χ3n) is 4.63. The lowest BCUT2D eigenvalue weighted by Crippen LogP contribution is -2.47. The minimum absolute atomic E-state index is 0.662. The maximum atomic E-state index is 6.41. The number of hydrogen-bond acceptors (Lipinski definition) is 4. The molecule has 0 N–H and O–H groups in total. The highest BCUT2D eigenvalue weighted by atomic mass is 35.5. The van der Waals surface area contributed by atoms with Gasteiger partial charge in [-0.05, 0) is 37.4 Å². The molecule has 2 aromatic carbocycles. The zero-order valence-electron chi connectivity index (χ0n) is 13.6. The first-order valence-electron chi connectivity index (χ1n) is 8.09. The fourth-order valence-electron chi connectivity index (χ4n) is 3.23. The molecule has 1 saturated heterocycles. The topological polar surface area (TPSA) is 22.1 Å². The highest BCUT2D eigenvalue weighted by Crippen LogP contribution is 2.40. The molecule has 0 atom stereocenters. The van der Waals surface area contributed by atoms with Crippen molar-refractivity contribution in [2.24, 2.45) is 4.99 Å². The minimum Gasteiger partial charge on any atom is -0.396 e. The Kier molecular flexibility index (Phi) is 3.98. The van der Waals surface area contributed by atoms with Crippen LogP contribution < -0.4 is 4.81 Å². The Morgan fingerprint density at radius 1 is 1.00 bits per heavy atom. The van der Waals surface area contributed by atoms with Crippen LogP contribution in [0.2, 0.25) is 5.02 Å². The van der Waals surface area contributed by atoms with Gasteiger partial charge in [0.25, 0.3) is 0 Å². The molecule has 2 aliphatic rings. The number of amidine groups is 1. The number of benzene rings is 2. The minimum atomic E-state index is 0.662. The molecule has 4 rings (SSSR count). The molecule has 2 radical (unpaired) electrons. The number of para-hydroxylation sites is 1. The van der Waals surface area contributed by atoms with Gasteiger partial charge in [0, 0.05) is 42.5 Å². The van der Waals surface area contributed by atoms with E-state index in [1.165, 1.54) is 0 Å². The normalized spacial score (nSPS) is 17.8. The quantitative estimate of drug-likeness (QED) is 0.690. The summed E-state index contributed by atoms with van der Waals surface area (Å²) in [7, 11) is 8.56. The van der Waals surface area contributed by atoms with Crippen LogP contribution in [0.3, 0.4) is 0 Å². The molecule has 24 heavy (non-hydrogen) atoms. The molecule has 120 valence electrons. The maximum absolute atomic E-state index is 6.41. The van der Waals surface area contributed by atoms with Crippen molar-refractivity contribution in [3.8, 4) is 0 Å². The highest BCUT2D eigenvalue weighted by molar-refractivity contribution is 6.32. The molecule has 4 nitrogen and oxygen atoms in total. The van der Waals surface area contributed by atoms with Gasteiger partial charge in [-0.15, -0.1) is 0 Å². The summed E-state index contributed by atoms with van der Waals surface area (Å²) in [4.78, 5) is 11.3. The summed E-state index contributed by atoms with van der Waals surface area (Å²) in [5.41, 5.74) is 3.67. The first-order valence-corrected chi connectivity index (χ1v) is 8.47. The average Bonchev–Trinajstić information content (AvgIpc) is 2.71. The van der Waals surface area contributed by atoms with E-state index in [0.29, 0.717) is 5.02 Å². The zero-order valence-corrected chi connectivity index (χ0v) is 14.4. The van der Waals surface area contributed by atoms with Crippen molar-refractivity contribution in [2.75, 3.05) is 38.0 Å². The van der Waals surface area contributed by atoms with Crippen molar-refractivity contribution >= 4 is 42.5 Å². The van der Waals surface area contributed by atoms with E-state index in [1.54, 1.807) is 4.81 Å². The van der Waals surface area contributed by atoms with Gasteiger partial charge in [0.2, 0.25) is 7.98 Å². The molecular formula is C18H18BClN4. The summed E-state index contributed by atoms with van der Waals surface area (Å²) in [5.74, 6) is 0.968. The predicted molar refractivity (Wildman–Crippen MR) is 101 cm³/mol. The molecule has 6 heteroatoms. The molecule has 0 bridgehead atoms. The van der Waals surface area contributed by atoms with E-state index >= 15 is 0 Å². The lowest BCUT2D eigenvalue weighted by molar-refractivity contribution is 0.216. The molecule has 0 amide bonds. The number of likely N-dealkylation sites (N-methyl/N-ethyl adjacent to an activating group) is 1. The molecule has 2 aliphatic heterocycles. The molecule has 0 spiro atoms. The summed E-state index contributed by atoms with van der Waals surface area (Å²) < 4.78 is 0. The van der Waals surface area contributed by atoms with Crippen LogP contribution in [0.4, 0.5) is 17.1 Å². The summed E-state index contributed by atoms with van der Waals surface area (Å²) in [6, 6.07) is 13.8. The molecule has 0 aromatic heterocycles. The fraction of sp³-hybridized carbons (Fsp3) is 0.278. The zero-order chi connectivity index (χ0) is 16.7. The number of hydrogen-bond donors (Lipinski definition) is 0. The Balaban J connectivity index is 1.88. The number of piperazine rings is 1. The van der Waals surface area contributed by atoms with E-state index in [9.17, 15) is 0 Å². The summed E-state index contributed by atoms with van der Waals surface area (Å²) in [6.45, 7) is 3.94. The van der Waals surface area contributed by atoms with Gasteiger partial charge in [0.05, 0.1) is 11.4 Å². The van der Waals surface area contributed by atoms with Crippen LogP contribution in [0.25, 0.3) is 0 Å². The van der Waals surface area contributed by atoms with Crippen molar-refractivity contribution in [1.29, 1.82) is 0 Å². The molecule has 1 fully saturated rings. The standard InChI is InChI=1S/C18H18BClN4/c1-22-8-10-23(11-9-22)18-14-4-2-3-5-16(14)24(19)17-7-6-13(20)12-15(17)21-18/h2-7,12H,8-11H2,1H3.